The number of aromatic nitrogens is 2. The van der Waals surface area contributed by atoms with Gasteiger partial charge < -0.3 is 0 Å². The monoisotopic (exact) mass is 538 g/mol. The zero-order valence-electron chi connectivity index (χ0n) is 13.7. The van der Waals surface area contributed by atoms with Crippen LogP contribution in [0.1, 0.15) is 11.9 Å². The van der Waals surface area contributed by atoms with E-state index in [2.05, 4.69) is 0 Å². The number of thiocarbonyl (C=S) groups is 1. The van der Waals surface area contributed by atoms with Crippen molar-refractivity contribution in [2.24, 2.45) is 7.05 Å². The molecule has 0 bridgehead atoms. The number of rotatable bonds is 3. The topological polar surface area (TPSA) is 59.8 Å². The molecule has 0 spiro atoms. The van der Waals surface area contributed by atoms with E-state index >= 15 is 0 Å². The summed E-state index contributed by atoms with van der Waals surface area (Å²) < 4.78 is 14.9. The second-order valence-corrected chi connectivity index (χ2v) is 8.28. The van der Waals surface area contributed by atoms with Crippen LogP contribution in [-0.2, 0) is 16.5 Å². The molecule has 0 N–H and O–H groups in total. The van der Waals surface area contributed by atoms with E-state index < -0.39 is 6.10 Å². The third-order valence-corrected chi connectivity index (χ3v) is 6.73. The van der Waals surface area contributed by atoms with Crippen LogP contribution < -0.4 is 0 Å². The molecule has 2 atom stereocenters. The summed E-state index contributed by atoms with van der Waals surface area (Å²) in [7, 11) is 5.59. The number of nitrogens with zero attached hydrogens (tertiary/aromatic N) is 4. The van der Waals surface area contributed by atoms with Crippen molar-refractivity contribution in [1.82, 2.24) is 17.2 Å². The van der Waals surface area contributed by atoms with Crippen LogP contribution in [-0.4, -0.2) is 81.2 Å². The Bertz CT molecular complexity index is 794. The normalized spacial score (nSPS) is 18.5. The summed E-state index contributed by atoms with van der Waals surface area (Å²) in [5.74, 6) is 0.731. The summed E-state index contributed by atoms with van der Waals surface area (Å²) in [4.78, 5) is 18.3. The molecular formula is C15H17N4O3STl. The molecule has 0 aliphatic carbocycles. The number of carbonyl (C=O) groups excluding carboxylic acids is 1. The third kappa shape index (κ3) is 3.08. The van der Waals surface area contributed by atoms with Crippen molar-refractivity contribution in [3.63, 3.8) is 0 Å². The second-order valence-electron chi connectivity index (χ2n) is 5.77. The van der Waals surface area contributed by atoms with Crippen molar-refractivity contribution in [2.45, 2.75) is 12.1 Å². The summed E-state index contributed by atoms with van der Waals surface area (Å²) in [5.41, 5.74) is 1.89. The Labute approximate surface area is 161 Å². The van der Waals surface area contributed by atoms with Crippen molar-refractivity contribution in [1.29, 1.82) is 0 Å². The average molecular weight is 538 g/mol. The van der Waals surface area contributed by atoms with Crippen LogP contribution in [0, 0.1) is 0 Å². The van der Waals surface area contributed by atoms with Crippen LogP contribution in [0.15, 0.2) is 24.3 Å². The van der Waals surface area contributed by atoms with E-state index in [0.29, 0.717) is 31.2 Å². The quantitative estimate of drug-likeness (QED) is 0.436. The number of aryl methyl sites for hydroxylation is 1. The van der Waals surface area contributed by atoms with E-state index in [-0.39, 0.29) is 18.7 Å². The Kier molecular flexibility index (Phi) is 4.95. The van der Waals surface area contributed by atoms with Gasteiger partial charge in [-0.05, 0) is 0 Å². The Balaban J connectivity index is 2.04. The number of benzene rings is 1. The Morgan fingerprint density at radius 2 is 2.21 bits per heavy atom. The molecule has 1 aliphatic heterocycles. The number of fused-ring (bicyclic) bond motifs is 1. The van der Waals surface area contributed by atoms with Crippen LogP contribution in [0.25, 0.3) is 11.0 Å². The predicted molar refractivity (Wildman–Crippen MR) is 93.6 cm³/mol. The van der Waals surface area contributed by atoms with Gasteiger partial charge >= 0.3 is 162 Å². The van der Waals surface area contributed by atoms with E-state index in [9.17, 15) is 4.79 Å². The van der Waals surface area contributed by atoms with Gasteiger partial charge in [0.05, 0.1) is 0 Å². The van der Waals surface area contributed by atoms with Gasteiger partial charge in [0.15, 0.2) is 0 Å². The molecule has 0 saturated carbocycles. The first-order chi connectivity index (χ1) is 11.4. The van der Waals surface area contributed by atoms with Gasteiger partial charge in [0.25, 0.3) is 0 Å². The molecule has 1 aromatic heterocycles. The van der Waals surface area contributed by atoms with Gasteiger partial charge in [-0.15, -0.1) is 0 Å². The first kappa shape index (κ1) is 17.4. The van der Waals surface area contributed by atoms with Crippen molar-refractivity contribution in [3.8, 4) is 0 Å². The van der Waals surface area contributed by atoms with Gasteiger partial charge in [0.2, 0.25) is 0 Å². The molecule has 1 aromatic carbocycles. The molecular weight excluding hydrogens is 521 g/mol. The minimum atomic E-state index is -0.478. The van der Waals surface area contributed by atoms with Gasteiger partial charge in [-0.25, -0.2) is 0 Å². The maximum absolute atomic E-state index is 11.8. The Hall–Kier alpha value is -1.43. The zero-order valence-corrected chi connectivity index (χ0v) is 19.0. The number of amides is 1. The van der Waals surface area contributed by atoms with E-state index in [1.807, 2.05) is 50.0 Å². The van der Waals surface area contributed by atoms with Gasteiger partial charge in [-0.1, -0.05) is 0 Å². The number of hydrogen-bond acceptors (Lipinski definition) is 5. The molecule has 0 unspecified atom stereocenters. The number of carbonyl (C=O) groups is 1. The van der Waals surface area contributed by atoms with Crippen LogP contribution in [0.3, 0.4) is 0 Å². The molecule has 24 heavy (non-hydrogen) atoms. The molecule has 1 aliphatic rings. The molecule has 7 nitrogen and oxygen atoms in total. The fraction of sp³-hybridized carbons (Fsp3) is 0.400. The average Bonchev–Trinajstić information content (AvgIpc) is 3.06. The summed E-state index contributed by atoms with van der Waals surface area (Å²) in [6.07, 6.45) is -0.776. The fourth-order valence-corrected chi connectivity index (χ4v) is 3.95. The number of ether oxygens (including phenoxy) is 2. The van der Waals surface area contributed by atoms with E-state index in [0.717, 1.165) is 16.9 Å². The van der Waals surface area contributed by atoms with Gasteiger partial charge in [-0.2, -0.15) is 0 Å². The van der Waals surface area contributed by atoms with Crippen LogP contribution in [0.5, 0.6) is 0 Å². The molecule has 1 saturated heterocycles. The first-order valence-corrected chi connectivity index (χ1v) is 9.81. The van der Waals surface area contributed by atoms with E-state index in [1.165, 1.54) is 0 Å². The van der Waals surface area contributed by atoms with Crippen molar-refractivity contribution < 1.29 is 14.3 Å². The first-order valence-electron chi connectivity index (χ1n) is 7.40. The van der Waals surface area contributed by atoms with Gasteiger partial charge in [-0.3, -0.25) is 0 Å². The second kappa shape index (κ2) is 6.83. The SMILES string of the molecule is CN(C)C(=S)O[C@H](c1nc2ccccc2n1C)[C@@H]1COC(=O)[N]1[Tl]. The van der Waals surface area contributed by atoms with E-state index in [1.54, 1.807) is 7.61 Å². The molecule has 1 amide bonds. The minimum absolute atomic E-state index is 0.226. The molecule has 1 fully saturated rings. The van der Waals surface area contributed by atoms with Crippen molar-refractivity contribution in [2.75, 3.05) is 20.7 Å². The number of imidazole rings is 1. The van der Waals surface area contributed by atoms with E-state index in [4.69, 9.17) is 26.7 Å². The Morgan fingerprint density at radius 1 is 1.50 bits per heavy atom. The standard InChI is InChI=1S/C15H18N4O3S.Tl/c1-18(2)15(23)22-12(10-8-21-14(20)17-10)13-16-9-6-4-5-7-11(9)19(13)3;/h4-7,10,12H,8H2,1-3H3,(H,17,20);/q;+1/p-1/t10-,12-;/m0./s1. The summed E-state index contributed by atoms with van der Waals surface area (Å²) in [5, 5.41) is 0.352. The Morgan fingerprint density at radius 3 is 2.79 bits per heavy atom. The van der Waals surface area contributed by atoms with Crippen molar-refractivity contribution >= 4 is 60.6 Å². The molecule has 3 rings (SSSR count). The predicted octanol–water partition coefficient (Wildman–Crippen LogP) is 1.38. The van der Waals surface area contributed by atoms with Crippen LogP contribution in [0.4, 0.5) is 4.79 Å². The van der Waals surface area contributed by atoms with Crippen molar-refractivity contribution in [3.05, 3.63) is 30.1 Å². The molecule has 2 heterocycles. The summed E-state index contributed by atoms with van der Waals surface area (Å²) in [6, 6.07) is 7.65. The molecule has 124 valence electrons. The summed E-state index contributed by atoms with van der Waals surface area (Å²) in [6.45, 7) is 0.277. The maximum atomic E-state index is 11.8. The summed E-state index contributed by atoms with van der Waals surface area (Å²) >= 11 is 5.63. The van der Waals surface area contributed by atoms with Gasteiger partial charge in [0, 0.05) is 0 Å². The fourth-order valence-electron chi connectivity index (χ4n) is 2.62. The van der Waals surface area contributed by atoms with Gasteiger partial charge in [0.1, 0.15) is 0 Å². The molecule has 2 aromatic rings. The van der Waals surface area contributed by atoms with Crippen LogP contribution in [0.2, 0.25) is 0 Å². The third-order valence-electron chi connectivity index (χ3n) is 3.96. The van der Waals surface area contributed by atoms with Crippen LogP contribution >= 0.6 is 12.2 Å². The number of para-hydroxylation sites is 2. The molecule has 9 heteroatoms. The zero-order chi connectivity index (χ0) is 17.4. The number of cyclic esters (lactones) is 1. The number of hydrogen-bond donors (Lipinski definition) is 0. The molecule has 0 radical (unpaired) electrons.